The molecule has 1 heterocycles. The quantitative estimate of drug-likeness (QED) is 0.723. The number of ether oxygens (including phenoxy) is 1. The molecule has 0 saturated carbocycles. The van der Waals surface area contributed by atoms with E-state index in [1.807, 2.05) is 44.2 Å². The van der Waals surface area contributed by atoms with Crippen LogP contribution in [0.15, 0.2) is 54.6 Å². The van der Waals surface area contributed by atoms with Gasteiger partial charge in [-0.1, -0.05) is 50.2 Å². The Morgan fingerprint density at radius 1 is 0.938 bits per heavy atom. The highest BCUT2D eigenvalue weighted by molar-refractivity contribution is 5.95. The van der Waals surface area contributed by atoms with Crippen LogP contribution in [0.1, 0.15) is 42.2 Å². The van der Waals surface area contributed by atoms with Crippen LogP contribution in [0.4, 0.5) is 0 Å². The van der Waals surface area contributed by atoms with Crippen molar-refractivity contribution in [3.8, 4) is 5.75 Å². The number of nitrogens with one attached hydrogen (secondary N) is 1. The van der Waals surface area contributed by atoms with Crippen LogP contribution >= 0.6 is 0 Å². The summed E-state index contributed by atoms with van der Waals surface area (Å²) in [4.78, 5) is 42.1. The van der Waals surface area contributed by atoms with E-state index in [9.17, 15) is 14.4 Å². The summed E-state index contributed by atoms with van der Waals surface area (Å²) < 4.78 is 5.21. The third kappa shape index (κ3) is 5.87. The average Bonchev–Trinajstić information content (AvgIpc) is 2.82. The molecule has 1 fully saturated rings. The van der Waals surface area contributed by atoms with Crippen molar-refractivity contribution in [2.75, 3.05) is 33.3 Å². The minimum absolute atomic E-state index is 0.0826. The maximum absolute atomic E-state index is 13.3. The first-order valence-electron chi connectivity index (χ1n) is 11.0. The van der Waals surface area contributed by atoms with E-state index >= 15 is 0 Å². The molecule has 2 aromatic rings. The van der Waals surface area contributed by atoms with Crippen molar-refractivity contribution in [1.29, 1.82) is 0 Å². The van der Waals surface area contributed by atoms with Crippen molar-refractivity contribution in [2.45, 2.75) is 26.3 Å². The molecule has 3 amide bonds. The lowest BCUT2D eigenvalue weighted by molar-refractivity contribution is -0.138. The van der Waals surface area contributed by atoms with Gasteiger partial charge in [0.05, 0.1) is 7.11 Å². The van der Waals surface area contributed by atoms with Gasteiger partial charge in [-0.05, 0) is 29.7 Å². The topological polar surface area (TPSA) is 79.0 Å². The second-order valence-corrected chi connectivity index (χ2v) is 8.36. The molecule has 0 bridgehead atoms. The molecule has 7 nitrogen and oxygen atoms in total. The number of rotatable bonds is 7. The highest BCUT2D eigenvalue weighted by atomic mass is 16.5. The van der Waals surface area contributed by atoms with Crippen LogP contribution in [-0.4, -0.2) is 60.8 Å². The first-order valence-corrected chi connectivity index (χ1v) is 11.0. The zero-order chi connectivity index (χ0) is 23.1. The number of nitrogens with zero attached hydrogens (tertiary/aromatic N) is 2. The minimum atomic E-state index is -0.733. The monoisotopic (exact) mass is 437 g/mol. The summed E-state index contributed by atoms with van der Waals surface area (Å²) in [6, 6.07) is 15.6. The summed E-state index contributed by atoms with van der Waals surface area (Å²) >= 11 is 0. The predicted molar refractivity (Wildman–Crippen MR) is 122 cm³/mol. The molecule has 1 saturated heterocycles. The van der Waals surface area contributed by atoms with Gasteiger partial charge in [0.2, 0.25) is 11.8 Å². The van der Waals surface area contributed by atoms with Crippen LogP contribution in [0.25, 0.3) is 0 Å². The number of methoxy groups -OCH3 is 1. The van der Waals surface area contributed by atoms with Gasteiger partial charge in [-0.2, -0.15) is 0 Å². The molecule has 0 radical (unpaired) electrons. The average molecular weight is 438 g/mol. The summed E-state index contributed by atoms with van der Waals surface area (Å²) in [7, 11) is 1.57. The summed E-state index contributed by atoms with van der Waals surface area (Å²) in [5.74, 6) is 0.455. The maximum Gasteiger partial charge on any atom is 0.254 e. The molecule has 3 rings (SSSR count). The van der Waals surface area contributed by atoms with Crippen molar-refractivity contribution in [3.63, 3.8) is 0 Å². The molecule has 1 unspecified atom stereocenters. The second kappa shape index (κ2) is 10.8. The largest absolute Gasteiger partial charge is 0.497 e. The Balaban J connectivity index is 1.67. The smallest absolute Gasteiger partial charge is 0.254 e. The molecule has 1 aliphatic rings. The normalized spacial score (nSPS) is 14.8. The van der Waals surface area contributed by atoms with Crippen molar-refractivity contribution >= 4 is 17.7 Å². The molecule has 1 N–H and O–H groups in total. The standard InChI is InChI=1S/C25H31N3O4/c1-18(2)16-22(29)26-23(19-8-5-4-6-9-19)25(31)28-14-12-27(13-15-28)24(30)20-10-7-11-21(17-20)32-3/h4-11,17-18,23H,12-16H2,1-3H3,(H,26,29). The molecule has 7 heteroatoms. The van der Waals surface area contributed by atoms with Gasteiger partial charge in [0.25, 0.3) is 5.91 Å². The molecule has 170 valence electrons. The second-order valence-electron chi connectivity index (χ2n) is 8.36. The van der Waals surface area contributed by atoms with E-state index in [0.29, 0.717) is 43.9 Å². The van der Waals surface area contributed by atoms with Crippen LogP contribution < -0.4 is 10.1 Å². The van der Waals surface area contributed by atoms with Crippen LogP contribution in [0, 0.1) is 5.92 Å². The zero-order valence-electron chi connectivity index (χ0n) is 18.9. The van der Waals surface area contributed by atoms with E-state index in [0.717, 1.165) is 5.56 Å². The molecule has 1 atom stereocenters. The van der Waals surface area contributed by atoms with Crippen LogP contribution in [-0.2, 0) is 9.59 Å². The Morgan fingerprint density at radius 3 is 2.22 bits per heavy atom. The summed E-state index contributed by atoms with van der Waals surface area (Å²) in [6.45, 7) is 5.64. The number of piperazine rings is 1. The fourth-order valence-corrected chi connectivity index (χ4v) is 3.78. The van der Waals surface area contributed by atoms with Gasteiger partial charge < -0.3 is 19.9 Å². The van der Waals surface area contributed by atoms with E-state index in [1.54, 1.807) is 41.2 Å². The number of benzene rings is 2. The third-order valence-corrected chi connectivity index (χ3v) is 5.47. The molecule has 2 aromatic carbocycles. The Morgan fingerprint density at radius 2 is 1.59 bits per heavy atom. The van der Waals surface area contributed by atoms with Gasteiger partial charge in [0, 0.05) is 38.2 Å². The molecule has 32 heavy (non-hydrogen) atoms. The molecule has 0 aliphatic carbocycles. The lowest BCUT2D eigenvalue weighted by Gasteiger charge is -2.36. The highest BCUT2D eigenvalue weighted by Gasteiger charge is 2.31. The SMILES string of the molecule is COc1cccc(C(=O)N2CCN(C(=O)C(NC(=O)CC(C)C)c3ccccc3)CC2)c1. The molecule has 0 aromatic heterocycles. The van der Waals surface area contributed by atoms with Crippen LogP contribution in [0.3, 0.4) is 0 Å². The molecular formula is C25H31N3O4. The van der Waals surface area contributed by atoms with E-state index in [4.69, 9.17) is 4.74 Å². The summed E-state index contributed by atoms with van der Waals surface area (Å²) in [5, 5.41) is 2.91. The number of carbonyl (C=O) groups excluding carboxylic acids is 3. The predicted octanol–water partition coefficient (Wildman–Crippen LogP) is 2.88. The Kier molecular flexibility index (Phi) is 7.87. The summed E-state index contributed by atoms with van der Waals surface area (Å²) in [5.41, 5.74) is 1.32. The van der Waals surface area contributed by atoms with Crippen LogP contribution in [0.2, 0.25) is 0 Å². The lowest BCUT2D eigenvalue weighted by atomic mass is 10.0. The molecule has 0 spiro atoms. The number of hydrogen-bond acceptors (Lipinski definition) is 4. The molecule has 1 aliphatic heterocycles. The Bertz CT molecular complexity index is 937. The fraction of sp³-hybridized carbons (Fsp3) is 0.400. The minimum Gasteiger partial charge on any atom is -0.497 e. The number of amides is 3. The Hall–Kier alpha value is -3.35. The number of carbonyl (C=O) groups is 3. The van der Waals surface area contributed by atoms with Gasteiger partial charge in [0.1, 0.15) is 11.8 Å². The van der Waals surface area contributed by atoms with Crippen molar-refractivity contribution in [2.24, 2.45) is 5.92 Å². The Labute approximate surface area is 189 Å². The zero-order valence-corrected chi connectivity index (χ0v) is 18.9. The summed E-state index contributed by atoms with van der Waals surface area (Å²) in [6.07, 6.45) is 0.361. The van der Waals surface area contributed by atoms with Gasteiger partial charge in [-0.25, -0.2) is 0 Å². The van der Waals surface area contributed by atoms with Gasteiger partial charge in [-0.3, -0.25) is 14.4 Å². The van der Waals surface area contributed by atoms with Gasteiger partial charge >= 0.3 is 0 Å². The first kappa shape index (κ1) is 23.3. The van der Waals surface area contributed by atoms with E-state index in [-0.39, 0.29) is 23.6 Å². The van der Waals surface area contributed by atoms with E-state index < -0.39 is 6.04 Å². The van der Waals surface area contributed by atoms with Gasteiger partial charge in [0.15, 0.2) is 0 Å². The first-order chi connectivity index (χ1) is 15.4. The van der Waals surface area contributed by atoms with Crippen molar-refractivity contribution < 1.29 is 19.1 Å². The van der Waals surface area contributed by atoms with Gasteiger partial charge in [-0.15, -0.1) is 0 Å². The molecular weight excluding hydrogens is 406 g/mol. The van der Waals surface area contributed by atoms with E-state index in [1.165, 1.54) is 0 Å². The highest BCUT2D eigenvalue weighted by Crippen LogP contribution is 2.20. The third-order valence-electron chi connectivity index (χ3n) is 5.47. The number of hydrogen-bond donors (Lipinski definition) is 1. The van der Waals surface area contributed by atoms with Crippen molar-refractivity contribution in [3.05, 3.63) is 65.7 Å². The lowest BCUT2D eigenvalue weighted by Crippen LogP contribution is -2.53. The maximum atomic E-state index is 13.3. The van der Waals surface area contributed by atoms with Crippen molar-refractivity contribution in [1.82, 2.24) is 15.1 Å². The van der Waals surface area contributed by atoms with E-state index in [2.05, 4.69) is 5.32 Å². The fourth-order valence-electron chi connectivity index (χ4n) is 3.78. The van der Waals surface area contributed by atoms with Crippen LogP contribution in [0.5, 0.6) is 5.75 Å².